The third-order valence-corrected chi connectivity index (χ3v) is 6.71. The molecule has 0 aromatic heterocycles. The van der Waals surface area contributed by atoms with Crippen molar-refractivity contribution in [1.29, 1.82) is 0 Å². The maximum absolute atomic E-state index is 14.9. The average Bonchev–Trinajstić information content (AvgIpc) is 3.34. The molecule has 2 amide bonds. The normalized spacial score (nSPS) is 20.5. The van der Waals surface area contributed by atoms with Gasteiger partial charge in [-0.05, 0) is 37.1 Å². The molecule has 8 nitrogen and oxygen atoms in total. The molecule has 198 valence electrons. The summed E-state index contributed by atoms with van der Waals surface area (Å²) in [7, 11) is 1.55. The van der Waals surface area contributed by atoms with Crippen LogP contribution >= 0.6 is 0 Å². The number of carbonyl (C=O) groups is 3. The van der Waals surface area contributed by atoms with Gasteiger partial charge in [0, 0.05) is 13.1 Å². The zero-order valence-electron chi connectivity index (χ0n) is 21.0. The number of amides is 2. The minimum absolute atomic E-state index is 0.0184. The number of halogens is 2. The van der Waals surface area contributed by atoms with Crippen LogP contribution in [0.1, 0.15) is 25.0 Å². The molecule has 0 spiro atoms. The number of carbonyl (C=O) groups excluding carboxylic acids is 3. The molecule has 37 heavy (non-hydrogen) atoms. The van der Waals surface area contributed by atoms with Gasteiger partial charge in [-0.2, -0.15) is 0 Å². The highest BCUT2D eigenvalue weighted by Crippen LogP contribution is 2.44. The number of alkyl halides is 2. The van der Waals surface area contributed by atoms with Crippen LogP contribution in [-0.4, -0.2) is 66.5 Å². The minimum atomic E-state index is -3.40. The Morgan fingerprint density at radius 2 is 1.62 bits per heavy atom. The number of ether oxygens (including phenoxy) is 3. The summed E-state index contributed by atoms with van der Waals surface area (Å²) in [5.41, 5.74) is 0.313. The Balaban J connectivity index is 1.37. The zero-order valence-corrected chi connectivity index (χ0v) is 21.0. The SMILES string of the molecule is COc1ccc(COC(=O)C(C)(C)CN2CC3C(C2=O)C(F)(F)CN3C(=O)OCc2ccccc2)cc1. The molecule has 2 aliphatic heterocycles. The molecular formula is C27H30F2N2O6. The molecular weight excluding hydrogens is 486 g/mol. The Bertz CT molecular complexity index is 1140. The molecule has 2 atom stereocenters. The van der Waals surface area contributed by atoms with Gasteiger partial charge in [-0.25, -0.2) is 13.6 Å². The maximum Gasteiger partial charge on any atom is 0.410 e. The Kier molecular flexibility index (Phi) is 7.38. The van der Waals surface area contributed by atoms with E-state index in [4.69, 9.17) is 14.2 Å². The molecule has 0 N–H and O–H groups in total. The van der Waals surface area contributed by atoms with Crippen molar-refractivity contribution >= 4 is 18.0 Å². The third kappa shape index (κ3) is 5.68. The Morgan fingerprint density at radius 1 is 1.00 bits per heavy atom. The Hall–Kier alpha value is -3.69. The second-order valence-electron chi connectivity index (χ2n) is 10.0. The number of esters is 1. The first-order valence-corrected chi connectivity index (χ1v) is 12.0. The van der Waals surface area contributed by atoms with Gasteiger partial charge in [0.15, 0.2) is 0 Å². The largest absolute Gasteiger partial charge is 0.497 e. The van der Waals surface area contributed by atoms with E-state index >= 15 is 0 Å². The van der Waals surface area contributed by atoms with E-state index in [2.05, 4.69) is 0 Å². The highest BCUT2D eigenvalue weighted by molar-refractivity contribution is 5.86. The van der Waals surface area contributed by atoms with Gasteiger partial charge < -0.3 is 19.1 Å². The van der Waals surface area contributed by atoms with E-state index in [0.29, 0.717) is 5.75 Å². The molecule has 0 saturated carbocycles. The molecule has 0 aliphatic carbocycles. The van der Waals surface area contributed by atoms with E-state index in [1.807, 2.05) is 6.07 Å². The second kappa shape index (κ2) is 10.4. The number of benzene rings is 2. The summed E-state index contributed by atoms with van der Waals surface area (Å²) in [6.07, 6.45) is -0.899. The number of rotatable bonds is 8. The molecule has 2 fully saturated rings. The lowest BCUT2D eigenvalue weighted by Crippen LogP contribution is -2.45. The molecule has 0 bridgehead atoms. The van der Waals surface area contributed by atoms with Crippen molar-refractivity contribution in [2.75, 3.05) is 26.7 Å². The molecule has 4 rings (SSSR count). The Morgan fingerprint density at radius 3 is 2.27 bits per heavy atom. The van der Waals surface area contributed by atoms with Crippen molar-refractivity contribution in [3.05, 3.63) is 65.7 Å². The zero-order chi connectivity index (χ0) is 26.8. The predicted molar refractivity (Wildman–Crippen MR) is 129 cm³/mol. The van der Waals surface area contributed by atoms with E-state index in [-0.39, 0.29) is 26.3 Å². The van der Waals surface area contributed by atoms with Crippen LogP contribution in [0.4, 0.5) is 13.6 Å². The molecule has 2 aromatic carbocycles. The quantitative estimate of drug-likeness (QED) is 0.495. The predicted octanol–water partition coefficient (Wildman–Crippen LogP) is 3.88. The average molecular weight is 517 g/mol. The highest BCUT2D eigenvalue weighted by Gasteiger charge is 2.64. The van der Waals surface area contributed by atoms with Gasteiger partial charge in [0.25, 0.3) is 5.92 Å². The molecule has 2 aliphatic rings. The minimum Gasteiger partial charge on any atom is -0.497 e. The third-order valence-electron chi connectivity index (χ3n) is 6.71. The topological polar surface area (TPSA) is 85.4 Å². The van der Waals surface area contributed by atoms with Crippen LogP contribution in [-0.2, 0) is 32.3 Å². The van der Waals surface area contributed by atoms with Gasteiger partial charge in [-0.3, -0.25) is 14.5 Å². The van der Waals surface area contributed by atoms with Crippen LogP contribution in [0.25, 0.3) is 0 Å². The van der Waals surface area contributed by atoms with Crippen molar-refractivity contribution in [3.63, 3.8) is 0 Å². The number of hydrogen-bond acceptors (Lipinski definition) is 6. The van der Waals surface area contributed by atoms with Crippen molar-refractivity contribution < 1.29 is 37.4 Å². The van der Waals surface area contributed by atoms with Gasteiger partial charge in [-0.1, -0.05) is 42.5 Å². The van der Waals surface area contributed by atoms with Crippen molar-refractivity contribution in [1.82, 2.24) is 9.80 Å². The van der Waals surface area contributed by atoms with E-state index in [9.17, 15) is 23.2 Å². The molecule has 0 radical (unpaired) electrons. The summed E-state index contributed by atoms with van der Waals surface area (Å²) >= 11 is 0. The molecule has 2 heterocycles. The number of hydrogen-bond donors (Lipinski definition) is 0. The van der Waals surface area contributed by atoms with E-state index < -0.39 is 47.8 Å². The van der Waals surface area contributed by atoms with E-state index in [1.54, 1.807) is 69.5 Å². The van der Waals surface area contributed by atoms with Crippen molar-refractivity contribution in [2.24, 2.45) is 11.3 Å². The lowest BCUT2D eigenvalue weighted by Gasteiger charge is -2.30. The fourth-order valence-electron chi connectivity index (χ4n) is 4.72. The lowest BCUT2D eigenvalue weighted by atomic mass is 9.93. The second-order valence-corrected chi connectivity index (χ2v) is 10.0. The van der Waals surface area contributed by atoms with E-state index in [0.717, 1.165) is 16.0 Å². The van der Waals surface area contributed by atoms with Crippen molar-refractivity contribution in [3.8, 4) is 5.75 Å². The summed E-state index contributed by atoms with van der Waals surface area (Å²) in [5.74, 6) is -5.77. The van der Waals surface area contributed by atoms with Crippen LogP contribution < -0.4 is 4.74 Å². The van der Waals surface area contributed by atoms with Crippen LogP contribution in [0.3, 0.4) is 0 Å². The van der Waals surface area contributed by atoms with Crippen LogP contribution in [0.5, 0.6) is 5.75 Å². The number of nitrogens with zero attached hydrogens (tertiary/aromatic N) is 2. The van der Waals surface area contributed by atoms with E-state index in [1.165, 1.54) is 4.90 Å². The van der Waals surface area contributed by atoms with Gasteiger partial charge in [-0.15, -0.1) is 0 Å². The fourth-order valence-corrected chi connectivity index (χ4v) is 4.72. The summed E-state index contributed by atoms with van der Waals surface area (Å²) in [6, 6.07) is 14.8. The maximum atomic E-state index is 14.9. The van der Waals surface area contributed by atoms with Gasteiger partial charge in [0.2, 0.25) is 5.91 Å². The lowest BCUT2D eigenvalue weighted by molar-refractivity contribution is -0.157. The summed E-state index contributed by atoms with van der Waals surface area (Å²) in [6.45, 7) is 2.01. The monoisotopic (exact) mass is 516 g/mol. The van der Waals surface area contributed by atoms with Crippen LogP contribution in [0, 0.1) is 11.3 Å². The van der Waals surface area contributed by atoms with Crippen molar-refractivity contribution in [2.45, 2.75) is 39.0 Å². The first kappa shape index (κ1) is 26.4. The molecule has 2 unspecified atom stereocenters. The number of methoxy groups -OCH3 is 1. The smallest absolute Gasteiger partial charge is 0.410 e. The Labute approximate surface area is 214 Å². The highest BCUT2D eigenvalue weighted by atomic mass is 19.3. The summed E-state index contributed by atoms with van der Waals surface area (Å²) < 4.78 is 45.5. The number of likely N-dealkylation sites (tertiary alicyclic amines) is 2. The summed E-state index contributed by atoms with van der Waals surface area (Å²) in [5, 5.41) is 0. The van der Waals surface area contributed by atoms with Crippen LogP contribution in [0.15, 0.2) is 54.6 Å². The van der Waals surface area contributed by atoms with Gasteiger partial charge in [0.05, 0.1) is 25.1 Å². The molecule has 2 saturated heterocycles. The van der Waals surface area contributed by atoms with Gasteiger partial charge in [0.1, 0.15) is 24.9 Å². The van der Waals surface area contributed by atoms with Gasteiger partial charge >= 0.3 is 12.1 Å². The number of fused-ring (bicyclic) bond motifs is 1. The standard InChI is InChI=1S/C27H30F2N2O6/c1-26(2,24(33)36-14-19-9-11-20(35-3)12-10-19)16-30-13-21-22(23(30)32)27(28,29)17-31(21)25(34)37-15-18-7-5-4-6-8-18/h4-12,21-22H,13-17H2,1-3H3. The fraction of sp³-hybridized carbons (Fsp3) is 0.444. The van der Waals surface area contributed by atoms with Crippen LogP contribution in [0.2, 0.25) is 0 Å². The summed E-state index contributed by atoms with van der Waals surface area (Å²) in [4.78, 5) is 40.6. The first-order valence-electron chi connectivity index (χ1n) is 12.0. The first-order chi connectivity index (χ1) is 17.5. The molecule has 2 aromatic rings. The molecule has 10 heteroatoms.